The van der Waals surface area contributed by atoms with E-state index >= 15 is 0 Å². The average Bonchev–Trinajstić information content (AvgIpc) is 3.01. The standard InChI is InChI=1S/C25H31NO4S/c1-24(2,3)30-23(28)26-20(17-29-25(26,4)5)16-21(18-12-8-6-9-13-18)31-22(27)19-14-10-7-11-15-19/h6-15,20-21H,16-17H2,1-5H3/t20-,21+/m0/s1. The first kappa shape index (κ1) is 23.4. The molecule has 31 heavy (non-hydrogen) atoms. The Balaban J connectivity index is 1.84. The number of ether oxygens (including phenoxy) is 2. The van der Waals surface area contributed by atoms with Gasteiger partial charge in [-0.15, -0.1) is 0 Å². The lowest BCUT2D eigenvalue weighted by molar-refractivity contribution is -0.0626. The van der Waals surface area contributed by atoms with Crippen LogP contribution in [0.5, 0.6) is 0 Å². The van der Waals surface area contributed by atoms with Crippen LogP contribution in [0.2, 0.25) is 0 Å². The molecule has 0 bridgehead atoms. The van der Waals surface area contributed by atoms with Crippen LogP contribution in [-0.4, -0.2) is 40.1 Å². The highest BCUT2D eigenvalue weighted by molar-refractivity contribution is 8.14. The molecule has 0 radical (unpaired) electrons. The fraction of sp³-hybridized carbons (Fsp3) is 0.440. The molecule has 5 nitrogen and oxygen atoms in total. The fourth-order valence-electron chi connectivity index (χ4n) is 3.68. The molecule has 0 aliphatic carbocycles. The molecule has 2 atom stereocenters. The van der Waals surface area contributed by atoms with Gasteiger partial charge in [0, 0.05) is 10.8 Å². The predicted molar refractivity (Wildman–Crippen MR) is 124 cm³/mol. The third-order valence-electron chi connectivity index (χ3n) is 5.08. The first-order valence-electron chi connectivity index (χ1n) is 10.5. The Hall–Kier alpha value is -2.31. The molecule has 1 heterocycles. The normalized spacial score (nSPS) is 19.1. The summed E-state index contributed by atoms with van der Waals surface area (Å²) in [6, 6.07) is 19.0. The lowest BCUT2D eigenvalue weighted by Gasteiger charge is -2.36. The van der Waals surface area contributed by atoms with Gasteiger partial charge < -0.3 is 9.47 Å². The molecule has 2 aromatic carbocycles. The highest BCUT2D eigenvalue weighted by atomic mass is 32.2. The Bertz CT molecular complexity index is 893. The number of amides is 1. The van der Waals surface area contributed by atoms with E-state index in [1.807, 2.05) is 95.3 Å². The molecular formula is C25H31NO4S. The summed E-state index contributed by atoms with van der Waals surface area (Å²) >= 11 is 1.29. The van der Waals surface area contributed by atoms with Gasteiger partial charge in [0.25, 0.3) is 0 Å². The molecule has 0 spiro atoms. The van der Waals surface area contributed by atoms with Crippen LogP contribution in [0.25, 0.3) is 0 Å². The van der Waals surface area contributed by atoms with E-state index in [9.17, 15) is 9.59 Å². The molecule has 3 rings (SSSR count). The molecule has 1 aliphatic heterocycles. The number of carbonyl (C=O) groups excluding carboxylic acids is 2. The quantitative estimate of drug-likeness (QED) is 0.564. The van der Waals surface area contributed by atoms with E-state index in [0.717, 1.165) is 5.56 Å². The van der Waals surface area contributed by atoms with Crippen molar-refractivity contribution in [3.63, 3.8) is 0 Å². The molecule has 2 aromatic rings. The second-order valence-electron chi connectivity index (χ2n) is 9.17. The van der Waals surface area contributed by atoms with Gasteiger partial charge in [0.2, 0.25) is 5.12 Å². The molecule has 0 aromatic heterocycles. The van der Waals surface area contributed by atoms with Gasteiger partial charge >= 0.3 is 6.09 Å². The number of thioether (sulfide) groups is 1. The molecule has 1 aliphatic rings. The summed E-state index contributed by atoms with van der Waals surface area (Å²) in [5, 5.41) is -0.113. The van der Waals surface area contributed by atoms with Gasteiger partial charge in [0.1, 0.15) is 11.3 Å². The number of rotatable bonds is 5. The summed E-state index contributed by atoms with van der Waals surface area (Å²) < 4.78 is 11.6. The molecule has 6 heteroatoms. The highest BCUT2D eigenvalue weighted by Gasteiger charge is 2.46. The first-order chi connectivity index (χ1) is 14.6. The van der Waals surface area contributed by atoms with E-state index in [1.54, 1.807) is 4.90 Å². The molecule has 0 unspecified atom stereocenters. The monoisotopic (exact) mass is 441 g/mol. The molecule has 0 saturated carbocycles. The Morgan fingerprint density at radius 1 is 1.10 bits per heavy atom. The summed E-state index contributed by atoms with van der Waals surface area (Å²) in [7, 11) is 0. The van der Waals surface area contributed by atoms with E-state index in [2.05, 4.69) is 0 Å². The summed E-state index contributed by atoms with van der Waals surface area (Å²) in [4.78, 5) is 27.6. The van der Waals surface area contributed by atoms with Crippen LogP contribution in [0.4, 0.5) is 4.79 Å². The van der Waals surface area contributed by atoms with Crippen molar-refractivity contribution in [2.24, 2.45) is 0 Å². The molecule has 0 N–H and O–H groups in total. The summed E-state index contributed by atoms with van der Waals surface area (Å²) in [6.45, 7) is 9.70. The number of nitrogens with zero attached hydrogens (tertiary/aromatic N) is 1. The van der Waals surface area contributed by atoms with Crippen LogP contribution in [0.15, 0.2) is 60.7 Å². The molecule has 1 fully saturated rings. The third-order valence-corrected chi connectivity index (χ3v) is 6.28. The van der Waals surface area contributed by atoms with Crippen LogP contribution < -0.4 is 0 Å². The summed E-state index contributed by atoms with van der Waals surface area (Å²) in [5.41, 5.74) is 0.338. The fourth-order valence-corrected chi connectivity index (χ4v) is 4.82. The molecule has 1 saturated heterocycles. The van der Waals surface area contributed by atoms with E-state index in [4.69, 9.17) is 9.47 Å². The van der Waals surface area contributed by atoms with Crippen LogP contribution in [-0.2, 0) is 9.47 Å². The van der Waals surface area contributed by atoms with Crippen molar-refractivity contribution in [3.05, 3.63) is 71.8 Å². The van der Waals surface area contributed by atoms with E-state index in [0.29, 0.717) is 18.6 Å². The van der Waals surface area contributed by atoms with E-state index in [1.165, 1.54) is 11.8 Å². The summed E-state index contributed by atoms with van der Waals surface area (Å²) in [5.74, 6) is 0. The van der Waals surface area contributed by atoms with Crippen LogP contribution in [0.3, 0.4) is 0 Å². The van der Waals surface area contributed by atoms with Crippen molar-refractivity contribution in [1.82, 2.24) is 4.90 Å². The Morgan fingerprint density at radius 3 is 2.26 bits per heavy atom. The van der Waals surface area contributed by atoms with Crippen LogP contribution in [0.1, 0.15) is 62.2 Å². The van der Waals surface area contributed by atoms with Crippen molar-refractivity contribution in [3.8, 4) is 0 Å². The maximum atomic E-state index is 13.0. The van der Waals surface area contributed by atoms with Crippen LogP contribution in [0, 0.1) is 0 Å². The lowest BCUT2D eigenvalue weighted by Crippen LogP contribution is -2.50. The zero-order valence-corrected chi connectivity index (χ0v) is 19.6. The zero-order chi connectivity index (χ0) is 22.6. The van der Waals surface area contributed by atoms with Crippen molar-refractivity contribution in [2.75, 3.05) is 6.61 Å². The number of carbonyl (C=O) groups is 2. The van der Waals surface area contributed by atoms with E-state index < -0.39 is 17.4 Å². The lowest BCUT2D eigenvalue weighted by atomic mass is 10.0. The van der Waals surface area contributed by atoms with Crippen molar-refractivity contribution in [2.45, 2.75) is 63.7 Å². The van der Waals surface area contributed by atoms with Crippen molar-refractivity contribution >= 4 is 23.0 Å². The van der Waals surface area contributed by atoms with Gasteiger partial charge in [-0.25, -0.2) is 4.79 Å². The number of hydrogen-bond donors (Lipinski definition) is 0. The zero-order valence-electron chi connectivity index (χ0n) is 18.8. The highest BCUT2D eigenvalue weighted by Crippen LogP contribution is 2.40. The van der Waals surface area contributed by atoms with E-state index in [-0.39, 0.29) is 16.4 Å². The minimum atomic E-state index is -0.775. The van der Waals surface area contributed by atoms with Gasteiger partial charge in [0.05, 0.1) is 12.6 Å². The second-order valence-corrected chi connectivity index (χ2v) is 10.3. The third kappa shape index (κ3) is 6.11. The van der Waals surface area contributed by atoms with Gasteiger partial charge in [-0.2, -0.15) is 0 Å². The largest absolute Gasteiger partial charge is 0.444 e. The Morgan fingerprint density at radius 2 is 1.68 bits per heavy atom. The predicted octanol–water partition coefficient (Wildman–Crippen LogP) is 6.06. The smallest absolute Gasteiger partial charge is 0.412 e. The summed E-state index contributed by atoms with van der Waals surface area (Å²) in [6.07, 6.45) is 0.182. The minimum Gasteiger partial charge on any atom is -0.444 e. The average molecular weight is 442 g/mol. The van der Waals surface area contributed by atoms with Crippen molar-refractivity contribution < 1.29 is 19.1 Å². The van der Waals surface area contributed by atoms with Crippen molar-refractivity contribution in [1.29, 1.82) is 0 Å². The van der Waals surface area contributed by atoms with Gasteiger partial charge in [-0.1, -0.05) is 72.4 Å². The first-order valence-corrected chi connectivity index (χ1v) is 11.4. The molecule has 166 valence electrons. The van der Waals surface area contributed by atoms with Gasteiger partial charge in [-0.3, -0.25) is 9.69 Å². The van der Waals surface area contributed by atoms with Gasteiger partial charge in [0.15, 0.2) is 0 Å². The maximum Gasteiger partial charge on any atom is 0.412 e. The maximum absolute atomic E-state index is 13.0. The second kappa shape index (κ2) is 9.45. The Labute approximate surface area is 189 Å². The minimum absolute atomic E-state index is 0.0106. The molecule has 1 amide bonds. The van der Waals surface area contributed by atoms with Crippen LogP contribution >= 0.6 is 11.8 Å². The molecular weight excluding hydrogens is 410 g/mol. The SMILES string of the molecule is CC(C)(C)OC(=O)N1[C@@H](C[C@@H](SC(=O)c2ccccc2)c2ccccc2)COC1(C)C. The topological polar surface area (TPSA) is 55.8 Å². The number of hydrogen-bond acceptors (Lipinski definition) is 5. The number of benzene rings is 2. The Kier molecular flexibility index (Phi) is 7.12. The van der Waals surface area contributed by atoms with Gasteiger partial charge in [-0.05, 0) is 46.6 Å².